The van der Waals surface area contributed by atoms with E-state index in [1.54, 1.807) is 0 Å². The number of hydrogen-bond acceptors (Lipinski definition) is 2. The van der Waals surface area contributed by atoms with E-state index in [1.807, 2.05) is 30.5 Å². The van der Waals surface area contributed by atoms with Crippen molar-refractivity contribution in [1.29, 1.82) is 5.26 Å². The molecule has 13 heavy (non-hydrogen) atoms. The van der Waals surface area contributed by atoms with Crippen molar-refractivity contribution < 1.29 is 0 Å². The first-order valence-corrected chi connectivity index (χ1v) is 4.18. The van der Waals surface area contributed by atoms with Crippen molar-refractivity contribution in [2.24, 2.45) is 0 Å². The van der Waals surface area contributed by atoms with Crippen LogP contribution in [0.2, 0.25) is 0 Å². The molecule has 1 heterocycles. The van der Waals surface area contributed by atoms with Crippen LogP contribution in [0.4, 0.5) is 0 Å². The standard InChI is InChI=1S/C10H9N3/c11-7-8-1-3-9(4-2-8)10-5-6-12-13-10/h1-3,5-6,9H,4H2,(H,12,13). The van der Waals surface area contributed by atoms with Crippen LogP contribution >= 0.6 is 0 Å². The van der Waals surface area contributed by atoms with E-state index in [-0.39, 0.29) is 0 Å². The maximum Gasteiger partial charge on any atom is 0.0988 e. The third-order valence-electron chi connectivity index (χ3n) is 2.13. The Morgan fingerprint density at radius 3 is 3.08 bits per heavy atom. The molecule has 0 amide bonds. The molecule has 3 nitrogen and oxygen atoms in total. The lowest BCUT2D eigenvalue weighted by atomic mass is 9.94. The minimum atomic E-state index is 0.323. The predicted octanol–water partition coefficient (Wildman–Crippen LogP) is 1.90. The molecule has 0 fully saturated rings. The molecule has 0 saturated heterocycles. The van der Waals surface area contributed by atoms with Crippen LogP contribution in [0.15, 0.2) is 36.1 Å². The van der Waals surface area contributed by atoms with Gasteiger partial charge >= 0.3 is 0 Å². The van der Waals surface area contributed by atoms with Crippen LogP contribution in [-0.2, 0) is 0 Å². The first-order chi connectivity index (χ1) is 6.40. The van der Waals surface area contributed by atoms with Gasteiger partial charge in [0, 0.05) is 17.7 Å². The summed E-state index contributed by atoms with van der Waals surface area (Å²) in [7, 11) is 0. The summed E-state index contributed by atoms with van der Waals surface area (Å²) in [6, 6.07) is 4.07. The summed E-state index contributed by atoms with van der Waals surface area (Å²) < 4.78 is 0. The molecule has 1 aromatic heterocycles. The molecule has 1 aliphatic rings. The van der Waals surface area contributed by atoms with Crippen LogP contribution in [0.25, 0.3) is 0 Å². The average Bonchev–Trinajstić information content (AvgIpc) is 2.71. The maximum absolute atomic E-state index is 8.62. The van der Waals surface area contributed by atoms with Crippen LogP contribution in [0.1, 0.15) is 18.0 Å². The van der Waals surface area contributed by atoms with E-state index in [1.165, 1.54) is 0 Å². The normalized spacial score (nSPS) is 20.8. The second-order valence-corrected chi connectivity index (χ2v) is 2.97. The zero-order valence-corrected chi connectivity index (χ0v) is 7.07. The molecule has 2 rings (SSSR count). The number of nitrogens with one attached hydrogen (secondary N) is 1. The van der Waals surface area contributed by atoms with Gasteiger partial charge in [0.05, 0.1) is 11.8 Å². The summed E-state index contributed by atoms with van der Waals surface area (Å²) >= 11 is 0. The summed E-state index contributed by atoms with van der Waals surface area (Å²) in [5.41, 5.74) is 1.77. The monoisotopic (exact) mass is 171 g/mol. The zero-order valence-electron chi connectivity index (χ0n) is 7.07. The van der Waals surface area contributed by atoms with E-state index in [0.717, 1.165) is 17.7 Å². The molecule has 1 N–H and O–H groups in total. The average molecular weight is 171 g/mol. The molecule has 1 aromatic rings. The van der Waals surface area contributed by atoms with E-state index in [4.69, 9.17) is 5.26 Å². The highest BCUT2D eigenvalue weighted by atomic mass is 15.1. The quantitative estimate of drug-likeness (QED) is 0.701. The Labute approximate surface area is 76.4 Å². The van der Waals surface area contributed by atoms with Crippen LogP contribution in [0.5, 0.6) is 0 Å². The van der Waals surface area contributed by atoms with E-state index in [2.05, 4.69) is 16.3 Å². The highest BCUT2D eigenvalue weighted by Crippen LogP contribution is 2.24. The highest BCUT2D eigenvalue weighted by Gasteiger charge is 2.12. The Morgan fingerprint density at radius 2 is 2.54 bits per heavy atom. The largest absolute Gasteiger partial charge is 0.285 e. The van der Waals surface area contributed by atoms with Crippen molar-refractivity contribution in [3.63, 3.8) is 0 Å². The number of allylic oxidation sites excluding steroid dienone is 4. The number of hydrogen-bond donors (Lipinski definition) is 1. The summed E-state index contributed by atoms with van der Waals surface area (Å²) in [5.74, 6) is 0.323. The van der Waals surface area contributed by atoms with Gasteiger partial charge in [0.2, 0.25) is 0 Å². The fourth-order valence-electron chi connectivity index (χ4n) is 1.40. The van der Waals surface area contributed by atoms with Crippen molar-refractivity contribution in [3.05, 3.63) is 41.8 Å². The second kappa shape index (κ2) is 3.28. The smallest absolute Gasteiger partial charge is 0.0988 e. The van der Waals surface area contributed by atoms with E-state index >= 15 is 0 Å². The molecule has 1 unspecified atom stereocenters. The molecular weight excluding hydrogens is 162 g/mol. The number of nitrogens with zero attached hydrogens (tertiary/aromatic N) is 2. The Bertz CT molecular complexity index is 379. The van der Waals surface area contributed by atoms with Gasteiger partial charge in [-0.2, -0.15) is 10.4 Å². The Kier molecular flexibility index (Phi) is 1.97. The Hall–Kier alpha value is -1.82. The third kappa shape index (κ3) is 1.52. The number of aromatic amines is 1. The van der Waals surface area contributed by atoms with Crippen molar-refractivity contribution >= 4 is 0 Å². The molecular formula is C10H9N3. The molecule has 1 aliphatic carbocycles. The SMILES string of the molecule is N#CC1=CCC(c2cc[nH]n2)C=C1. The minimum Gasteiger partial charge on any atom is -0.285 e. The Balaban J connectivity index is 2.14. The number of aromatic nitrogens is 2. The summed E-state index contributed by atoms with van der Waals surface area (Å²) in [6.07, 6.45) is 8.49. The molecule has 0 aliphatic heterocycles. The van der Waals surface area contributed by atoms with Crippen LogP contribution < -0.4 is 0 Å². The lowest BCUT2D eigenvalue weighted by Gasteiger charge is -2.10. The number of H-pyrrole nitrogens is 1. The lowest BCUT2D eigenvalue weighted by Crippen LogP contribution is -1.98. The van der Waals surface area contributed by atoms with Gasteiger partial charge in [0.25, 0.3) is 0 Å². The van der Waals surface area contributed by atoms with Gasteiger partial charge in [-0.1, -0.05) is 12.2 Å². The molecule has 1 atom stereocenters. The van der Waals surface area contributed by atoms with Gasteiger partial charge in [-0.15, -0.1) is 0 Å². The molecule has 0 radical (unpaired) electrons. The molecule has 64 valence electrons. The van der Waals surface area contributed by atoms with Gasteiger partial charge < -0.3 is 0 Å². The van der Waals surface area contributed by atoms with Crippen LogP contribution in [0.3, 0.4) is 0 Å². The van der Waals surface area contributed by atoms with Crippen LogP contribution in [-0.4, -0.2) is 10.2 Å². The van der Waals surface area contributed by atoms with E-state index in [9.17, 15) is 0 Å². The van der Waals surface area contributed by atoms with Gasteiger partial charge in [0.15, 0.2) is 0 Å². The summed E-state index contributed by atoms with van der Waals surface area (Å²) in [5, 5.41) is 15.5. The molecule has 0 spiro atoms. The second-order valence-electron chi connectivity index (χ2n) is 2.97. The fraction of sp³-hybridized carbons (Fsp3) is 0.200. The first-order valence-electron chi connectivity index (χ1n) is 4.18. The fourth-order valence-corrected chi connectivity index (χ4v) is 1.40. The van der Waals surface area contributed by atoms with Crippen molar-refractivity contribution in [3.8, 4) is 6.07 Å². The molecule has 3 heteroatoms. The molecule has 0 bridgehead atoms. The third-order valence-corrected chi connectivity index (χ3v) is 2.13. The van der Waals surface area contributed by atoms with Gasteiger partial charge in [0.1, 0.15) is 0 Å². The highest BCUT2D eigenvalue weighted by molar-refractivity contribution is 5.38. The summed E-state index contributed by atoms with van der Waals surface area (Å²) in [6.45, 7) is 0. The summed E-state index contributed by atoms with van der Waals surface area (Å²) in [4.78, 5) is 0. The van der Waals surface area contributed by atoms with Gasteiger partial charge in [-0.25, -0.2) is 0 Å². The van der Waals surface area contributed by atoms with E-state index in [0.29, 0.717) is 5.92 Å². The van der Waals surface area contributed by atoms with Crippen LogP contribution in [0, 0.1) is 11.3 Å². The Morgan fingerprint density at radius 1 is 1.62 bits per heavy atom. The molecule has 0 saturated carbocycles. The first kappa shape index (κ1) is 7.81. The number of nitriles is 1. The maximum atomic E-state index is 8.62. The van der Waals surface area contributed by atoms with Crippen molar-refractivity contribution in [2.75, 3.05) is 0 Å². The number of rotatable bonds is 1. The zero-order chi connectivity index (χ0) is 9.10. The lowest BCUT2D eigenvalue weighted by molar-refractivity contribution is 0.801. The predicted molar refractivity (Wildman–Crippen MR) is 48.8 cm³/mol. The molecule has 0 aromatic carbocycles. The topological polar surface area (TPSA) is 52.5 Å². The van der Waals surface area contributed by atoms with Crippen molar-refractivity contribution in [2.45, 2.75) is 12.3 Å². The van der Waals surface area contributed by atoms with Gasteiger partial charge in [-0.05, 0) is 18.6 Å². The minimum absolute atomic E-state index is 0.323. The van der Waals surface area contributed by atoms with Gasteiger partial charge in [-0.3, -0.25) is 5.10 Å². The van der Waals surface area contributed by atoms with E-state index < -0.39 is 0 Å². The van der Waals surface area contributed by atoms with Crippen molar-refractivity contribution in [1.82, 2.24) is 10.2 Å².